The molecule has 1 N–H and O–H groups in total. The molecule has 0 spiro atoms. The van der Waals surface area contributed by atoms with Crippen molar-refractivity contribution < 1.29 is 5.11 Å². The summed E-state index contributed by atoms with van der Waals surface area (Å²) in [6.45, 7) is 2.10. The molecule has 3 rings (SSSR count). The van der Waals surface area contributed by atoms with Gasteiger partial charge >= 0.3 is 0 Å². The van der Waals surface area contributed by atoms with Crippen LogP contribution in [0.1, 0.15) is 17.2 Å². The summed E-state index contributed by atoms with van der Waals surface area (Å²) in [7, 11) is 1.76. The topological polar surface area (TPSA) is 72.9 Å². The Hall–Kier alpha value is -2.12. The fourth-order valence-electron chi connectivity index (χ4n) is 2.66. The molecule has 0 fully saturated rings. The number of nitrogens with zero attached hydrogens (tertiary/aromatic N) is 4. The first-order chi connectivity index (χ1) is 11.0. The zero-order valence-electron chi connectivity index (χ0n) is 13.2. The summed E-state index contributed by atoms with van der Waals surface area (Å²) in [6.07, 6.45) is 2.58. The number of thioether (sulfide) groups is 1. The summed E-state index contributed by atoms with van der Waals surface area (Å²) in [6, 6.07) is 7.61. The lowest BCUT2D eigenvalue weighted by atomic mass is 10.0. The molecule has 2 aromatic heterocycles. The monoisotopic (exact) mass is 330 g/mol. The minimum absolute atomic E-state index is 0.162. The van der Waals surface area contributed by atoms with Gasteiger partial charge in [0.2, 0.25) is 0 Å². The second-order valence-corrected chi connectivity index (χ2v) is 6.20. The van der Waals surface area contributed by atoms with Crippen LogP contribution < -0.4 is 5.56 Å². The quantitative estimate of drug-likeness (QED) is 0.740. The summed E-state index contributed by atoms with van der Waals surface area (Å²) in [5.74, 6) is 0. The molecule has 6 nitrogen and oxygen atoms in total. The van der Waals surface area contributed by atoms with Crippen molar-refractivity contribution in [3.8, 4) is 0 Å². The van der Waals surface area contributed by atoms with E-state index in [0.717, 1.165) is 11.1 Å². The average molecular weight is 330 g/mol. The summed E-state index contributed by atoms with van der Waals surface area (Å²) in [4.78, 5) is 17.0. The number of aliphatic hydroxyl groups excluding tert-OH is 1. The molecule has 2 heterocycles. The maximum Gasteiger partial charge on any atom is 0.265 e. The lowest BCUT2D eigenvalue weighted by Gasteiger charge is -2.15. The van der Waals surface area contributed by atoms with E-state index in [9.17, 15) is 9.90 Å². The summed E-state index contributed by atoms with van der Waals surface area (Å²) in [5.41, 5.74) is 2.19. The Morgan fingerprint density at radius 2 is 2.09 bits per heavy atom. The molecule has 0 radical (unpaired) electrons. The molecule has 0 unspecified atom stereocenters. The first kappa shape index (κ1) is 15.8. The van der Waals surface area contributed by atoms with Crippen LogP contribution in [0, 0.1) is 6.92 Å². The van der Waals surface area contributed by atoms with Gasteiger partial charge in [-0.3, -0.25) is 9.36 Å². The van der Waals surface area contributed by atoms with E-state index >= 15 is 0 Å². The Morgan fingerprint density at radius 3 is 2.78 bits per heavy atom. The van der Waals surface area contributed by atoms with Gasteiger partial charge in [-0.15, -0.1) is 11.8 Å². The van der Waals surface area contributed by atoms with Crippen LogP contribution in [0.25, 0.3) is 11.0 Å². The summed E-state index contributed by atoms with van der Waals surface area (Å²) < 4.78 is 3.05. The largest absolute Gasteiger partial charge is 0.387 e. The fourth-order valence-corrected chi connectivity index (χ4v) is 3.25. The van der Waals surface area contributed by atoms with Crippen LogP contribution in [-0.2, 0) is 13.6 Å². The van der Waals surface area contributed by atoms with Gasteiger partial charge in [0.15, 0.2) is 5.65 Å². The second-order valence-electron chi connectivity index (χ2n) is 5.41. The van der Waals surface area contributed by atoms with Crippen molar-refractivity contribution in [3.05, 3.63) is 52.1 Å². The van der Waals surface area contributed by atoms with Crippen molar-refractivity contribution in [2.24, 2.45) is 7.05 Å². The van der Waals surface area contributed by atoms with E-state index in [1.807, 2.05) is 37.4 Å². The maximum atomic E-state index is 12.7. The molecule has 120 valence electrons. The Labute approximate surface area is 137 Å². The molecule has 3 aromatic rings. The first-order valence-electron chi connectivity index (χ1n) is 7.22. The predicted molar refractivity (Wildman–Crippen MR) is 90.7 cm³/mol. The molecule has 7 heteroatoms. The third kappa shape index (κ3) is 2.77. The SMILES string of the molecule is CSc1nn(C)c2ncn(C[C@@H](O)c3ccccc3C)c(=O)c12. The Kier molecular flexibility index (Phi) is 4.23. The minimum Gasteiger partial charge on any atom is -0.387 e. The van der Waals surface area contributed by atoms with Gasteiger partial charge in [-0.1, -0.05) is 24.3 Å². The van der Waals surface area contributed by atoms with Crippen LogP contribution in [0.4, 0.5) is 0 Å². The van der Waals surface area contributed by atoms with Crippen molar-refractivity contribution in [2.75, 3.05) is 6.26 Å². The van der Waals surface area contributed by atoms with Crippen LogP contribution in [0.2, 0.25) is 0 Å². The molecule has 0 amide bonds. The normalized spacial score (nSPS) is 12.7. The van der Waals surface area contributed by atoms with Crippen LogP contribution in [0.15, 0.2) is 40.4 Å². The van der Waals surface area contributed by atoms with Gasteiger partial charge in [-0.05, 0) is 24.3 Å². The highest BCUT2D eigenvalue weighted by molar-refractivity contribution is 7.98. The van der Waals surface area contributed by atoms with E-state index in [1.54, 1.807) is 11.7 Å². The lowest BCUT2D eigenvalue weighted by Crippen LogP contribution is -2.24. The molecule has 0 saturated heterocycles. The van der Waals surface area contributed by atoms with E-state index in [4.69, 9.17) is 0 Å². The Balaban J connectivity index is 2.03. The second kappa shape index (κ2) is 6.17. The summed E-state index contributed by atoms with van der Waals surface area (Å²) in [5, 5.41) is 15.9. The van der Waals surface area contributed by atoms with E-state index in [2.05, 4.69) is 10.1 Å². The predicted octanol–water partition coefficient (Wildman–Crippen LogP) is 1.89. The number of hydrogen-bond acceptors (Lipinski definition) is 5. The van der Waals surface area contributed by atoms with E-state index < -0.39 is 6.10 Å². The van der Waals surface area contributed by atoms with Crippen molar-refractivity contribution in [1.29, 1.82) is 0 Å². The van der Waals surface area contributed by atoms with Crippen LogP contribution in [0.3, 0.4) is 0 Å². The molecule has 23 heavy (non-hydrogen) atoms. The maximum absolute atomic E-state index is 12.7. The van der Waals surface area contributed by atoms with E-state index in [-0.39, 0.29) is 12.1 Å². The third-order valence-electron chi connectivity index (χ3n) is 3.89. The van der Waals surface area contributed by atoms with Crippen molar-refractivity contribution in [3.63, 3.8) is 0 Å². The zero-order valence-corrected chi connectivity index (χ0v) is 14.0. The summed E-state index contributed by atoms with van der Waals surface area (Å²) >= 11 is 1.41. The minimum atomic E-state index is -0.762. The van der Waals surface area contributed by atoms with Crippen molar-refractivity contribution in [1.82, 2.24) is 19.3 Å². The van der Waals surface area contributed by atoms with E-state index in [1.165, 1.54) is 22.7 Å². The molecule has 0 aliphatic rings. The fraction of sp³-hybridized carbons (Fsp3) is 0.312. The highest BCUT2D eigenvalue weighted by atomic mass is 32.2. The van der Waals surface area contributed by atoms with Crippen LogP contribution >= 0.6 is 11.8 Å². The molecular formula is C16H18N4O2S. The van der Waals surface area contributed by atoms with Gasteiger partial charge in [-0.25, -0.2) is 9.67 Å². The molecule has 0 aliphatic heterocycles. The number of aryl methyl sites for hydroxylation is 2. The molecular weight excluding hydrogens is 312 g/mol. The molecule has 0 saturated carbocycles. The number of hydrogen-bond donors (Lipinski definition) is 1. The molecule has 0 aliphatic carbocycles. The van der Waals surface area contributed by atoms with Gasteiger partial charge in [0.05, 0.1) is 12.6 Å². The highest BCUT2D eigenvalue weighted by Gasteiger charge is 2.17. The lowest BCUT2D eigenvalue weighted by molar-refractivity contribution is 0.154. The van der Waals surface area contributed by atoms with Crippen LogP contribution in [0.5, 0.6) is 0 Å². The van der Waals surface area contributed by atoms with Crippen molar-refractivity contribution in [2.45, 2.75) is 24.6 Å². The van der Waals surface area contributed by atoms with Crippen molar-refractivity contribution >= 4 is 22.8 Å². The number of aliphatic hydroxyl groups is 1. The molecule has 1 aromatic carbocycles. The molecule has 0 bridgehead atoms. The number of rotatable bonds is 4. The average Bonchev–Trinajstić information content (AvgIpc) is 2.87. The highest BCUT2D eigenvalue weighted by Crippen LogP contribution is 2.22. The third-order valence-corrected chi connectivity index (χ3v) is 4.56. The standard InChI is InChI=1S/C16H18N4O2S/c1-10-6-4-5-7-11(10)12(21)8-20-9-17-14-13(16(20)22)15(23-3)18-19(14)2/h4-7,9,12,21H,8H2,1-3H3/t12-/m1/s1. The van der Waals surface area contributed by atoms with Gasteiger partial charge in [-0.2, -0.15) is 5.10 Å². The smallest absolute Gasteiger partial charge is 0.265 e. The number of benzene rings is 1. The van der Waals surface area contributed by atoms with E-state index in [0.29, 0.717) is 16.1 Å². The van der Waals surface area contributed by atoms with Crippen LogP contribution in [-0.4, -0.2) is 30.7 Å². The zero-order chi connectivity index (χ0) is 16.6. The Morgan fingerprint density at radius 1 is 1.35 bits per heavy atom. The first-order valence-corrected chi connectivity index (χ1v) is 8.45. The van der Waals surface area contributed by atoms with Gasteiger partial charge in [0.1, 0.15) is 16.7 Å². The van der Waals surface area contributed by atoms with Gasteiger partial charge in [0.25, 0.3) is 5.56 Å². The molecule has 1 atom stereocenters. The number of aromatic nitrogens is 4. The van der Waals surface area contributed by atoms with Gasteiger partial charge in [0, 0.05) is 7.05 Å². The Bertz CT molecular complexity index is 916. The number of fused-ring (bicyclic) bond motifs is 1. The van der Waals surface area contributed by atoms with Gasteiger partial charge < -0.3 is 5.11 Å².